The minimum Gasteiger partial charge on any atom is -0.427 e. The van der Waals surface area contributed by atoms with Crippen molar-refractivity contribution in [2.24, 2.45) is 0 Å². The van der Waals surface area contributed by atoms with Gasteiger partial charge in [-0.25, -0.2) is 9.78 Å². The summed E-state index contributed by atoms with van der Waals surface area (Å²) in [5, 5.41) is 12.6. The first kappa shape index (κ1) is 20.7. The van der Waals surface area contributed by atoms with E-state index in [2.05, 4.69) is 27.0 Å². The number of nitriles is 1. The number of rotatable bonds is 4. The van der Waals surface area contributed by atoms with Gasteiger partial charge < -0.3 is 9.15 Å². The summed E-state index contributed by atoms with van der Waals surface area (Å²) in [5.41, 5.74) is 1.87. The molecule has 0 N–H and O–H groups in total. The lowest BCUT2D eigenvalue weighted by molar-refractivity contribution is -0.131. The average molecular weight is 493 g/mol. The molecule has 0 saturated carbocycles. The van der Waals surface area contributed by atoms with Crippen LogP contribution in [0.15, 0.2) is 67.6 Å². The van der Waals surface area contributed by atoms with Crippen LogP contribution in [0.2, 0.25) is 0 Å². The van der Waals surface area contributed by atoms with Gasteiger partial charge in [-0.2, -0.15) is 5.26 Å². The first-order valence-electron chi connectivity index (χ1n) is 9.03. The van der Waals surface area contributed by atoms with Crippen molar-refractivity contribution in [1.82, 2.24) is 4.98 Å². The maximum Gasteiger partial charge on any atom is 0.345 e. The zero-order chi connectivity index (χ0) is 22.0. The molecule has 2 aromatic heterocycles. The summed E-state index contributed by atoms with van der Waals surface area (Å²) in [6.45, 7) is 1.33. The van der Waals surface area contributed by atoms with Crippen molar-refractivity contribution < 1.29 is 13.9 Å². The third kappa shape index (κ3) is 4.63. The van der Waals surface area contributed by atoms with Crippen LogP contribution in [0.3, 0.4) is 0 Å². The molecular weight excluding hydrogens is 480 g/mol. The van der Waals surface area contributed by atoms with Crippen molar-refractivity contribution in [1.29, 1.82) is 5.26 Å². The smallest absolute Gasteiger partial charge is 0.345 e. The fraction of sp³-hybridized carbons (Fsp3) is 0.0435. The Bertz CT molecular complexity index is 1430. The zero-order valence-electron chi connectivity index (χ0n) is 16.1. The van der Waals surface area contributed by atoms with Crippen molar-refractivity contribution in [2.45, 2.75) is 6.92 Å². The van der Waals surface area contributed by atoms with Crippen molar-refractivity contribution in [3.63, 3.8) is 0 Å². The molecule has 2 aromatic carbocycles. The molecular formula is C23H13BrN2O4S. The molecule has 152 valence electrons. The Morgan fingerprint density at radius 2 is 2.00 bits per heavy atom. The fourth-order valence-corrected chi connectivity index (χ4v) is 4.06. The van der Waals surface area contributed by atoms with Crippen LogP contribution in [0.4, 0.5) is 0 Å². The molecule has 0 aliphatic heterocycles. The summed E-state index contributed by atoms with van der Waals surface area (Å²) >= 11 is 4.67. The predicted molar refractivity (Wildman–Crippen MR) is 123 cm³/mol. The van der Waals surface area contributed by atoms with E-state index in [1.165, 1.54) is 18.3 Å². The van der Waals surface area contributed by atoms with Gasteiger partial charge in [-0.15, -0.1) is 11.3 Å². The van der Waals surface area contributed by atoms with E-state index in [0.717, 1.165) is 15.4 Å². The second kappa shape index (κ2) is 8.68. The number of carbonyl (C=O) groups is 1. The lowest BCUT2D eigenvalue weighted by Crippen LogP contribution is -2.03. The Kier molecular flexibility index (Phi) is 5.80. The van der Waals surface area contributed by atoms with Crippen LogP contribution < -0.4 is 10.4 Å². The van der Waals surface area contributed by atoms with Crippen molar-refractivity contribution >= 4 is 55.9 Å². The van der Waals surface area contributed by atoms with Gasteiger partial charge in [-0.05, 0) is 48.0 Å². The maximum atomic E-state index is 12.4. The molecule has 0 amide bonds. The highest BCUT2D eigenvalue weighted by Crippen LogP contribution is 2.28. The van der Waals surface area contributed by atoms with Crippen LogP contribution in [0, 0.1) is 11.3 Å². The van der Waals surface area contributed by atoms with E-state index >= 15 is 0 Å². The third-order valence-electron chi connectivity index (χ3n) is 4.28. The molecule has 0 atom stereocenters. The highest BCUT2D eigenvalue weighted by Gasteiger charge is 2.14. The van der Waals surface area contributed by atoms with Crippen LogP contribution in [-0.2, 0) is 4.79 Å². The maximum absolute atomic E-state index is 12.4. The lowest BCUT2D eigenvalue weighted by atomic mass is 10.1. The molecule has 0 unspecified atom stereocenters. The standard InChI is InChI=1S/C23H13BrN2O4S/c1-13(27)29-18-5-2-14(3-6-18)8-16(11-25)22-26-20(12-31-22)19-10-15-9-17(24)4-7-21(15)30-23(19)28/h2-10,12H,1H3. The van der Waals surface area contributed by atoms with Gasteiger partial charge in [0.25, 0.3) is 0 Å². The van der Waals surface area contributed by atoms with Crippen LogP contribution >= 0.6 is 27.3 Å². The first-order chi connectivity index (χ1) is 14.9. The summed E-state index contributed by atoms with van der Waals surface area (Å²) in [4.78, 5) is 27.9. The number of thiazole rings is 1. The number of esters is 1. The molecule has 2 heterocycles. The van der Waals surface area contributed by atoms with Gasteiger partial charge in [0.05, 0.1) is 16.8 Å². The number of halogens is 1. The van der Waals surface area contributed by atoms with Gasteiger partial charge in [-0.3, -0.25) is 4.79 Å². The third-order valence-corrected chi connectivity index (χ3v) is 5.65. The molecule has 8 heteroatoms. The summed E-state index contributed by atoms with van der Waals surface area (Å²) in [5.74, 6) is 0.0243. The number of aromatic nitrogens is 1. The predicted octanol–water partition coefficient (Wildman–Crippen LogP) is 5.67. The number of allylic oxidation sites excluding steroid dienone is 1. The first-order valence-corrected chi connectivity index (χ1v) is 10.7. The molecule has 0 bridgehead atoms. The van der Waals surface area contributed by atoms with Crippen LogP contribution in [-0.4, -0.2) is 11.0 Å². The molecule has 4 aromatic rings. The summed E-state index contributed by atoms with van der Waals surface area (Å²) in [6, 6.07) is 16.0. The van der Waals surface area contributed by atoms with E-state index in [0.29, 0.717) is 33.2 Å². The molecule has 0 saturated heterocycles. The van der Waals surface area contributed by atoms with Crippen molar-refractivity contribution in [3.8, 4) is 23.1 Å². The Labute approximate surface area is 189 Å². The van der Waals surface area contributed by atoms with Gasteiger partial charge in [-0.1, -0.05) is 28.1 Å². The number of ether oxygens (including phenoxy) is 1. The summed E-state index contributed by atoms with van der Waals surface area (Å²) < 4.78 is 11.3. The SMILES string of the molecule is CC(=O)Oc1ccc(C=C(C#N)c2nc(-c3cc4cc(Br)ccc4oc3=O)cs2)cc1. The fourth-order valence-electron chi connectivity index (χ4n) is 2.90. The quantitative estimate of drug-likeness (QED) is 0.157. The number of fused-ring (bicyclic) bond motifs is 1. The van der Waals surface area contributed by atoms with E-state index in [1.807, 2.05) is 6.07 Å². The van der Waals surface area contributed by atoms with Crippen molar-refractivity contribution in [2.75, 3.05) is 0 Å². The number of hydrogen-bond acceptors (Lipinski definition) is 7. The molecule has 4 rings (SSSR count). The lowest BCUT2D eigenvalue weighted by Gasteiger charge is -2.01. The topological polar surface area (TPSA) is 93.2 Å². The van der Waals surface area contributed by atoms with Gasteiger partial charge in [0.2, 0.25) is 0 Å². The number of nitrogens with zero attached hydrogens (tertiary/aromatic N) is 2. The minimum atomic E-state index is -0.491. The van der Waals surface area contributed by atoms with Gasteiger partial charge in [0.15, 0.2) is 0 Å². The monoisotopic (exact) mass is 492 g/mol. The van der Waals surface area contributed by atoms with E-state index < -0.39 is 11.6 Å². The minimum absolute atomic E-state index is 0.330. The summed E-state index contributed by atoms with van der Waals surface area (Å²) in [6.07, 6.45) is 1.68. The van der Waals surface area contributed by atoms with E-state index in [4.69, 9.17) is 9.15 Å². The Balaban J connectivity index is 1.67. The largest absolute Gasteiger partial charge is 0.427 e. The van der Waals surface area contributed by atoms with Crippen LogP contribution in [0.1, 0.15) is 17.5 Å². The Hall–Kier alpha value is -3.54. The molecule has 0 aliphatic carbocycles. The van der Waals surface area contributed by atoms with Crippen molar-refractivity contribution in [3.05, 3.63) is 79.4 Å². The highest BCUT2D eigenvalue weighted by molar-refractivity contribution is 9.10. The summed E-state index contributed by atoms with van der Waals surface area (Å²) in [7, 11) is 0. The number of benzene rings is 2. The average Bonchev–Trinajstić information content (AvgIpc) is 3.22. The second-order valence-electron chi connectivity index (χ2n) is 6.50. The van der Waals surface area contributed by atoms with Gasteiger partial charge >= 0.3 is 11.6 Å². The van der Waals surface area contributed by atoms with Crippen LogP contribution in [0.25, 0.3) is 33.9 Å². The Morgan fingerprint density at radius 3 is 2.71 bits per heavy atom. The molecule has 6 nitrogen and oxygen atoms in total. The number of carbonyl (C=O) groups excluding carboxylic acids is 1. The highest BCUT2D eigenvalue weighted by atomic mass is 79.9. The molecule has 0 fully saturated rings. The number of hydrogen-bond donors (Lipinski definition) is 0. The normalized spacial score (nSPS) is 11.3. The molecule has 0 radical (unpaired) electrons. The van der Waals surface area contributed by atoms with E-state index in [-0.39, 0.29) is 0 Å². The van der Waals surface area contributed by atoms with E-state index in [1.54, 1.807) is 53.9 Å². The molecule has 0 aliphatic rings. The van der Waals surface area contributed by atoms with Gasteiger partial charge in [0.1, 0.15) is 22.4 Å². The Morgan fingerprint density at radius 1 is 1.23 bits per heavy atom. The molecule has 0 spiro atoms. The van der Waals surface area contributed by atoms with Gasteiger partial charge in [0, 0.05) is 22.2 Å². The van der Waals surface area contributed by atoms with E-state index in [9.17, 15) is 14.9 Å². The zero-order valence-corrected chi connectivity index (χ0v) is 18.5. The van der Waals surface area contributed by atoms with Crippen LogP contribution in [0.5, 0.6) is 5.75 Å². The second-order valence-corrected chi connectivity index (χ2v) is 8.27. The molecule has 31 heavy (non-hydrogen) atoms.